The van der Waals surface area contributed by atoms with Crippen LogP contribution in [0.25, 0.3) is 0 Å². The molecule has 0 spiro atoms. The van der Waals surface area contributed by atoms with E-state index in [0.717, 1.165) is 17.8 Å². The number of hydrogen-bond acceptors (Lipinski definition) is 8. The summed E-state index contributed by atoms with van der Waals surface area (Å²) in [6, 6.07) is 11.5. The Balaban J connectivity index is 1.77. The van der Waals surface area contributed by atoms with E-state index in [-0.39, 0.29) is 22.5 Å². The Morgan fingerprint density at radius 2 is 2.00 bits per heavy atom. The minimum absolute atomic E-state index is 0.00397. The molecular weight excluding hydrogens is 425 g/mol. The van der Waals surface area contributed by atoms with Gasteiger partial charge in [-0.05, 0) is 30.0 Å². The van der Waals surface area contributed by atoms with Crippen LogP contribution in [0, 0.1) is 5.82 Å². The Morgan fingerprint density at radius 3 is 2.74 bits per heavy atom. The zero-order chi connectivity index (χ0) is 22.2. The van der Waals surface area contributed by atoms with Crippen LogP contribution in [0.15, 0.2) is 63.6 Å². The summed E-state index contributed by atoms with van der Waals surface area (Å²) >= 11 is 0.957. The molecule has 1 saturated heterocycles. The van der Waals surface area contributed by atoms with Crippen LogP contribution in [0.4, 0.5) is 4.39 Å². The number of carbonyl (C=O) groups excluding carboxylic acids is 2. The molecule has 0 aliphatic carbocycles. The second kappa shape index (κ2) is 10.4. The minimum atomic E-state index is -0.643. The second-order valence-electron chi connectivity index (χ2n) is 6.00. The SMILES string of the molecule is COC(=O)/C=C1/S/C(=N\N=Cc2cccc(OC)c2OCc2ccccc2F)NC1=O. The number of para-hydroxylation sites is 1. The molecule has 2 aromatic rings. The molecule has 0 unspecified atom stereocenters. The predicted molar refractivity (Wildman–Crippen MR) is 115 cm³/mol. The van der Waals surface area contributed by atoms with Gasteiger partial charge in [0.1, 0.15) is 12.4 Å². The van der Waals surface area contributed by atoms with Gasteiger partial charge in [-0.3, -0.25) is 10.1 Å². The van der Waals surface area contributed by atoms with Crippen molar-refractivity contribution in [1.82, 2.24) is 5.32 Å². The lowest BCUT2D eigenvalue weighted by Gasteiger charge is -2.13. The molecule has 0 saturated carbocycles. The lowest BCUT2D eigenvalue weighted by molar-refractivity contribution is -0.135. The Bertz CT molecular complexity index is 1080. The van der Waals surface area contributed by atoms with Crippen LogP contribution in [0.3, 0.4) is 0 Å². The second-order valence-corrected chi connectivity index (χ2v) is 7.03. The number of nitrogens with one attached hydrogen (secondary N) is 1. The first-order valence-corrected chi connectivity index (χ1v) is 9.76. The first kappa shape index (κ1) is 22.0. The van der Waals surface area contributed by atoms with Gasteiger partial charge in [0.2, 0.25) is 0 Å². The van der Waals surface area contributed by atoms with Crippen molar-refractivity contribution in [2.75, 3.05) is 14.2 Å². The summed E-state index contributed by atoms with van der Waals surface area (Å²) in [4.78, 5) is 23.3. The normalized spacial score (nSPS) is 16.0. The first-order valence-electron chi connectivity index (χ1n) is 8.95. The summed E-state index contributed by atoms with van der Waals surface area (Å²) in [7, 11) is 2.71. The fourth-order valence-electron chi connectivity index (χ4n) is 2.50. The molecule has 31 heavy (non-hydrogen) atoms. The molecular formula is C21H18FN3O5S. The fourth-order valence-corrected chi connectivity index (χ4v) is 3.24. The average molecular weight is 443 g/mol. The van der Waals surface area contributed by atoms with Gasteiger partial charge in [0.25, 0.3) is 5.91 Å². The van der Waals surface area contributed by atoms with Crippen LogP contribution in [-0.4, -0.2) is 37.5 Å². The number of nitrogens with zero attached hydrogens (tertiary/aromatic N) is 2. The number of amidine groups is 1. The van der Waals surface area contributed by atoms with Crippen molar-refractivity contribution in [3.05, 3.63) is 70.4 Å². The highest BCUT2D eigenvalue weighted by Gasteiger charge is 2.25. The number of benzene rings is 2. The highest BCUT2D eigenvalue weighted by molar-refractivity contribution is 8.18. The van der Waals surface area contributed by atoms with Crippen molar-refractivity contribution in [1.29, 1.82) is 0 Å². The molecule has 1 N–H and O–H groups in total. The van der Waals surface area contributed by atoms with E-state index in [1.54, 1.807) is 36.4 Å². The van der Waals surface area contributed by atoms with Crippen LogP contribution in [-0.2, 0) is 20.9 Å². The number of thioether (sulfide) groups is 1. The number of carbonyl (C=O) groups is 2. The average Bonchev–Trinajstić information content (AvgIpc) is 3.12. The van der Waals surface area contributed by atoms with E-state index in [1.165, 1.54) is 26.5 Å². The lowest BCUT2D eigenvalue weighted by atomic mass is 10.2. The largest absolute Gasteiger partial charge is 0.493 e. The van der Waals surface area contributed by atoms with Gasteiger partial charge < -0.3 is 14.2 Å². The van der Waals surface area contributed by atoms with Crippen molar-refractivity contribution in [3.63, 3.8) is 0 Å². The van der Waals surface area contributed by atoms with Crippen LogP contribution >= 0.6 is 11.8 Å². The molecule has 2 aromatic carbocycles. The van der Waals surface area contributed by atoms with Crippen molar-refractivity contribution in [2.45, 2.75) is 6.61 Å². The highest BCUT2D eigenvalue weighted by Crippen LogP contribution is 2.31. The van der Waals surface area contributed by atoms with Crippen molar-refractivity contribution in [3.8, 4) is 11.5 Å². The third kappa shape index (κ3) is 5.70. The molecule has 10 heteroatoms. The summed E-state index contributed by atoms with van der Waals surface area (Å²) in [6.45, 7) is -0.00397. The number of ether oxygens (including phenoxy) is 3. The van der Waals surface area contributed by atoms with E-state index in [4.69, 9.17) is 9.47 Å². The molecule has 0 bridgehead atoms. The summed E-state index contributed by atoms with van der Waals surface area (Å²) in [5.74, 6) is -0.676. The zero-order valence-corrected chi connectivity index (χ0v) is 17.4. The van der Waals surface area contributed by atoms with Crippen LogP contribution in [0.1, 0.15) is 11.1 Å². The van der Waals surface area contributed by atoms with E-state index < -0.39 is 11.9 Å². The quantitative estimate of drug-likeness (QED) is 0.306. The topological polar surface area (TPSA) is 98.6 Å². The van der Waals surface area contributed by atoms with Gasteiger partial charge >= 0.3 is 5.97 Å². The number of hydrogen-bond donors (Lipinski definition) is 1. The van der Waals surface area contributed by atoms with E-state index in [2.05, 4.69) is 20.3 Å². The monoisotopic (exact) mass is 443 g/mol. The van der Waals surface area contributed by atoms with Gasteiger partial charge in [-0.2, -0.15) is 5.10 Å². The third-order valence-corrected chi connectivity index (χ3v) is 4.91. The van der Waals surface area contributed by atoms with Gasteiger partial charge in [0.15, 0.2) is 16.7 Å². The van der Waals surface area contributed by atoms with E-state index in [9.17, 15) is 14.0 Å². The molecule has 160 valence electrons. The Morgan fingerprint density at radius 1 is 1.19 bits per heavy atom. The maximum atomic E-state index is 13.9. The molecule has 0 radical (unpaired) electrons. The molecule has 1 fully saturated rings. The Kier molecular flexibility index (Phi) is 7.39. The summed E-state index contributed by atoms with van der Waals surface area (Å²) in [5.41, 5.74) is 0.936. The first-order chi connectivity index (χ1) is 15.0. The van der Waals surface area contributed by atoms with Crippen molar-refractivity contribution < 1.29 is 28.2 Å². The van der Waals surface area contributed by atoms with Gasteiger partial charge in [-0.25, -0.2) is 9.18 Å². The Labute approximate surface area is 181 Å². The standard InChI is InChI=1S/C21H18FN3O5S/c1-28-16-9-5-7-13(19(16)30-12-14-6-3-4-8-15(14)22)11-23-25-21-24-20(27)17(31-21)10-18(26)29-2/h3-11H,12H2,1-2H3,(H,24,25,27)/b17-10+,23-11?. The predicted octanol–water partition coefficient (Wildman–Crippen LogP) is 3.02. The van der Waals surface area contributed by atoms with Crippen LogP contribution < -0.4 is 14.8 Å². The summed E-state index contributed by atoms with van der Waals surface area (Å²) in [6.07, 6.45) is 2.49. The fraction of sp³-hybridized carbons (Fsp3) is 0.143. The lowest BCUT2D eigenvalue weighted by Crippen LogP contribution is -2.19. The minimum Gasteiger partial charge on any atom is -0.493 e. The van der Waals surface area contributed by atoms with Gasteiger partial charge in [-0.15, -0.1) is 5.10 Å². The Hall–Kier alpha value is -3.66. The molecule has 1 aliphatic heterocycles. The van der Waals surface area contributed by atoms with Gasteiger partial charge in [0.05, 0.1) is 25.3 Å². The number of halogens is 1. The molecule has 1 heterocycles. The van der Waals surface area contributed by atoms with E-state index >= 15 is 0 Å². The number of methoxy groups -OCH3 is 2. The van der Waals surface area contributed by atoms with Crippen molar-refractivity contribution >= 4 is 35.0 Å². The van der Waals surface area contributed by atoms with Crippen LogP contribution in [0.2, 0.25) is 0 Å². The van der Waals surface area contributed by atoms with E-state index in [1.807, 2.05) is 0 Å². The molecule has 3 rings (SSSR count). The van der Waals surface area contributed by atoms with Gasteiger partial charge in [-0.1, -0.05) is 24.3 Å². The van der Waals surface area contributed by atoms with E-state index in [0.29, 0.717) is 22.6 Å². The summed E-state index contributed by atoms with van der Waals surface area (Å²) < 4.78 is 29.5. The maximum absolute atomic E-state index is 13.9. The molecule has 0 aromatic heterocycles. The smallest absolute Gasteiger partial charge is 0.331 e. The number of esters is 1. The van der Waals surface area contributed by atoms with Crippen molar-refractivity contribution in [2.24, 2.45) is 10.2 Å². The van der Waals surface area contributed by atoms with Crippen LogP contribution in [0.5, 0.6) is 11.5 Å². The summed E-state index contributed by atoms with van der Waals surface area (Å²) in [5, 5.41) is 10.6. The highest BCUT2D eigenvalue weighted by atomic mass is 32.2. The molecule has 0 atom stereocenters. The molecule has 8 nitrogen and oxygen atoms in total. The van der Waals surface area contributed by atoms with Gasteiger partial charge in [0, 0.05) is 17.2 Å². The number of amides is 1. The molecule has 1 aliphatic rings. The molecule has 1 amide bonds. The maximum Gasteiger partial charge on any atom is 0.331 e. The number of rotatable bonds is 7. The zero-order valence-electron chi connectivity index (χ0n) is 16.6. The third-order valence-electron chi connectivity index (χ3n) is 4.01.